The van der Waals surface area contributed by atoms with E-state index in [1.54, 1.807) is 12.1 Å². The van der Waals surface area contributed by atoms with E-state index in [1.165, 1.54) is 0 Å². The van der Waals surface area contributed by atoms with Crippen molar-refractivity contribution in [1.82, 2.24) is 5.32 Å². The highest BCUT2D eigenvalue weighted by Gasteiger charge is 2.39. The molecule has 0 aliphatic rings. The normalized spacial score (nSPS) is 11.1. The van der Waals surface area contributed by atoms with Gasteiger partial charge in [-0.15, -0.1) is 0 Å². The maximum atomic E-state index is 11.7. The van der Waals surface area contributed by atoms with E-state index in [0.29, 0.717) is 44.5 Å². The summed E-state index contributed by atoms with van der Waals surface area (Å²) < 4.78 is 32.6. The quantitative estimate of drug-likeness (QED) is 0.262. The van der Waals surface area contributed by atoms with Crippen molar-refractivity contribution in [2.45, 2.75) is 33.2 Å². The molecular formula is C21H36N2O8Si. The second kappa shape index (κ2) is 17.4. The summed E-state index contributed by atoms with van der Waals surface area (Å²) in [5.74, 6) is 0. The van der Waals surface area contributed by atoms with Gasteiger partial charge in [0.1, 0.15) is 13.2 Å². The van der Waals surface area contributed by atoms with Crippen LogP contribution in [0.25, 0.3) is 0 Å². The summed E-state index contributed by atoms with van der Waals surface area (Å²) in [5, 5.41) is 5.28. The Morgan fingerprint density at radius 2 is 1.38 bits per heavy atom. The molecule has 0 heterocycles. The number of hydrogen-bond acceptors (Lipinski definition) is 8. The smallest absolute Gasteiger partial charge is 0.447 e. The number of rotatable bonds is 17. The molecule has 0 aliphatic carbocycles. The van der Waals surface area contributed by atoms with Gasteiger partial charge in [-0.05, 0) is 39.3 Å². The fraction of sp³-hybridized carbons (Fsp3) is 0.619. The average Bonchev–Trinajstić information content (AvgIpc) is 2.77. The van der Waals surface area contributed by atoms with Crippen LogP contribution in [0.2, 0.25) is 6.04 Å². The number of alkyl carbamates (subject to hydrolysis) is 1. The van der Waals surface area contributed by atoms with Crippen LogP contribution >= 0.6 is 0 Å². The van der Waals surface area contributed by atoms with Gasteiger partial charge in [0.2, 0.25) is 0 Å². The molecule has 0 bridgehead atoms. The molecule has 1 aromatic carbocycles. The van der Waals surface area contributed by atoms with Crippen LogP contribution < -0.4 is 10.6 Å². The summed E-state index contributed by atoms with van der Waals surface area (Å²) in [5.41, 5.74) is 0.652. The summed E-state index contributed by atoms with van der Waals surface area (Å²) in [4.78, 5) is 23.3. The molecule has 32 heavy (non-hydrogen) atoms. The topological polar surface area (TPSA) is 114 Å². The highest BCUT2D eigenvalue weighted by atomic mass is 28.4. The van der Waals surface area contributed by atoms with Gasteiger partial charge in [-0.1, -0.05) is 18.2 Å². The monoisotopic (exact) mass is 472 g/mol. The Labute approximate surface area is 191 Å². The molecule has 0 saturated heterocycles. The van der Waals surface area contributed by atoms with E-state index in [2.05, 4.69) is 10.6 Å². The van der Waals surface area contributed by atoms with Gasteiger partial charge in [0, 0.05) is 38.1 Å². The van der Waals surface area contributed by atoms with Crippen LogP contribution in [0.1, 0.15) is 27.2 Å². The Hall–Kier alpha value is -2.18. The molecular weight excluding hydrogens is 436 g/mol. The SMILES string of the molecule is CCO[Si](CCCNC(=O)OCCOCCOC(=O)Nc1ccccc1)(OCC)OCC. The lowest BCUT2D eigenvalue weighted by molar-refractivity contribution is 0.0482. The summed E-state index contributed by atoms with van der Waals surface area (Å²) in [6.07, 6.45) is -0.427. The predicted octanol–water partition coefficient (Wildman–Crippen LogP) is 3.42. The Bertz CT molecular complexity index is 618. The third-order valence-corrected chi connectivity index (χ3v) is 7.12. The minimum atomic E-state index is -2.69. The van der Waals surface area contributed by atoms with E-state index in [-0.39, 0.29) is 26.4 Å². The van der Waals surface area contributed by atoms with Gasteiger partial charge >= 0.3 is 21.0 Å². The summed E-state index contributed by atoms with van der Waals surface area (Å²) in [7, 11) is -2.69. The molecule has 182 valence electrons. The minimum absolute atomic E-state index is 0.0932. The molecule has 0 aromatic heterocycles. The van der Waals surface area contributed by atoms with Gasteiger partial charge in [0.15, 0.2) is 0 Å². The Morgan fingerprint density at radius 3 is 1.94 bits per heavy atom. The molecule has 0 unspecified atom stereocenters. The van der Waals surface area contributed by atoms with Crippen LogP contribution in [0.5, 0.6) is 0 Å². The molecule has 0 radical (unpaired) electrons. The van der Waals surface area contributed by atoms with Gasteiger partial charge in [0.05, 0.1) is 13.2 Å². The largest absolute Gasteiger partial charge is 0.500 e. The van der Waals surface area contributed by atoms with Crippen molar-refractivity contribution in [3.8, 4) is 0 Å². The first kappa shape index (κ1) is 27.9. The zero-order valence-electron chi connectivity index (χ0n) is 19.2. The maximum Gasteiger partial charge on any atom is 0.500 e. The van der Waals surface area contributed by atoms with Crippen molar-refractivity contribution in [1.29, 1.82) is 0 Å². The Balaban J connectivity index is 2.05. The standard InChI is InChI=1S/C21H36N2O8Si/c1-4-29-32(30-5-2,31-6-3)18-10-13-22-20(24)27-16-14-26-15-17-28-21(25)23-19-11-8-7-9-12-19/h7-9,11-12H,4-6,10,13-18H2,1-3H3,(H,22,24)(H,23,25). The van der Waals surface area contributed by atoms with Gasteiger partial charge < -0.3 is 32.8 Å². The second-order valence-electron chi connectivity index (χ2n) is 6.39. The van der Waals surface area contributed by atoms with Crippen molar-refractivity contribution in [2.24, 2.45) is 0 Å². The molecule has 11 heteroatoms. The third-order valence-electron chi connectivity index (χ3n) is 3.96. The highest BCUT2D eigenvalue weighted by molar-refractivity contribution is 6.60. The molecule has 2 amide bonds. The van der Waals surface area contributed by atoms with Crippen molar-refractivity contribution >= 4 is 26.7 Å². The van der Waals surface area contributed by atoms with Crippen LogP contribution in [-0.2, 0) is 27.5 Å². The number of benzene rings is 1. The average molecular weight is 473 g/mol. The van der Waals surface area contributed by atoms with Crippen molar-refractivity contribution in [2.75, 3.05) is 58.1 Å². The fourth-order valence-corrected chi connectivity index (χ4v) is 5.32. The number of carbonyl (C=O) groups excluding carboxylic acids is 2. The number of amides is 2. The number of hydrogen-bond donors (Lipinski definition) is 2. The molecule has 10 nitrogen and oxygen atoms in total. The summed E-state index contributed by atoms with van der Waals surface area (Å²) in [6, 6.07) is 9.61. The second-order valence-corrected chi connectivity index (χ2v) is 9.12. The van der Waals surface area contributed by atoms with Gasteiger partial charge in [-0.2, -0.15) is 0 Å². The van der Waals surface area contributed by atoms with Crippen LogP contribution in [0, 0.1) is 0 Å². The fourth-order valence-electron chi connectivity index (χ4n) is 2.71. The number of nitrogens with one attached hydrogen (secondary N) is 2. The minimum Gasteiger partial charge on any atom is -0.447 e. The highest BCUT2D eigenvalue weighted by Crippen LogP contribution is 2.17. The van der Waals surface area contributed by atoms with Crippen LogP contribution in [-0.4, -0.2) is 73.8 Å². The molecule has 1 rings (SSSR count). The van der Waals surface area contributed by atoms with E-state index in [1.807, 2.05) is 39.0 Å². The van der Waals surface area contributed by atoms with Crippen molar-refractivity contribution in [3.63, 3.8) is 0 Å². The predicted molar refractivity (Wildman–Crippen MR) is 122 cm³/mol. The molecule has 0 atom stereocenters. The van der Waals surface area contributed by atoms with Crippen molar-refractivity contribution in [3.05, 3.63) is 30.3 Å². The molecule has 2 N–H and O–H groups in total. The molecule has 0 spiro atoms. The zero-order chi connectivity index (χ0) is 23.5. The molecule has 1 aromatic rings. The Kier molecular flexibility index (Phi) is 15.1. The number of ether oxygens (including phenoxy) is 3. The van der Waals surface area contributed by atoms with Crippen LogP contribution in [0.4, 0.5) is 15.3 Å². The van der Waals surface area contributed by atoms with Gasteiger partial charge in [-0.25, -0.2) is 9.59 Å². The lowest BCUT2D eigenvalue weighted by atomic mass is 10.3. The number of carbonyl (C=O) groups is 2. The van der Waals surface area contributed by atoms with Crippen LogP contribution in [0.15, 0.2) is 30.3 Å². The van der Waals surface area contributed by atoms with Crippen LogP contribution in [0.3, 0.4) is 0 Å². The van der Waals surface area contributed by atoms with Gasteiger partial charge in [-0.3, -0.25) is 5.32 Å². The van der Waals surface area contributed by atoms with E-state index in [0.717, 1.165) is 0 Å². The maximum absolute atomic E-state index is 11.7. The zero-order valence-corrected chi connectivity index (χ0v) is 20.2. The van der Waals surface area contributed by atoms with E-state index >= 15 is 0 Å². The first-order chi connectivity index (χ1) is 15.5. The van der Waals surface area contributed by atoms with E-state index < -0.39 is 21.0 Å². The number of para-hydroxylation sites is 1. The lowest BCUT2D eigenvalue weighted by Crippen LogP contribution is -2.46. The Morgan fingerprint density at radius 1 is 0.812 bits per heavy atom. The van der Waals surface area contributed by atoms with Gasteiger partial charge in [0.25, 0.3) is 0 Å². The van der Waals surface area contributed by atoms with E-state index in [4.69, 9.17) is 27.5 Å². The first-order valence-corrected chi connectivity index (χ1v) is 12.9. The molecule has 0 fully saturated rings. The first-order valence-electron chi connectivity index (χ1n) is 10.9. The lowest BCUT2D eigenvalue weighted by Gasteiger charge is -2.28. The summed E-state index contributed by atoms with van der Waals surface area (Å²) in [6.45, 7) is 8.28. The van der Waals surface area contributed by atoms with Crippen molar-refractivity contribution < 1.29 is 37.1 Å². The summed E-state index contributed by atoms with van der Waals surface area (Å²) >= 11 is 0. The van der Waals surface area contributed by atoms with E-state index in [9.17, 15) is 9.59 Å². The molecule has 0 saturated carbocycles. The molecule has 0 aliphatic heterocycles. The number of anilines is 1. The third kappa shape index (κ3) is 12.6.